The molecule has 0 radical (unpaired) electrons. The molecule has 0 aliphatic rings. The van der Waals surface area contributed by atoms with Gasteiger partial charge in [0.05, 0.1) is 0 Å². The third-order valence-corrected chi connectivity index (χ3v) is 14.6. The van der Waals surface area contributed by atoms with Crippen molar-refractivity contribution in [2.45, 2.75) is 322 Å². The van der Waals surface area contributed by atoms with E-state index in [0.29, 0.717) is 19.3 Å². The third-order valence-electron chi connectivity index (χ3n) is 14.6. The van der Waals surface area contributed by atoms with Gasteiger partial charge >= 0.3 is 17.9 Å². The predicted molar refractivity (Wildman–Crippen MR) is 362 cm³/mol. The molecule has 0 aliphatic carbocycles. The standard InChI is InChI=1S/C77H128O6/c1-4-7-10-13-16-19-22-25-28-31-33-34-35-36-37-38-39-40-41-42-44-46-49-52-55-58-61-64-67-70-76(79)82-73-74(72-81-75(78)69-66-63-60-57-54-51-48-45-30-27-24-21-18-15-12-9-6-3)83-77(80)71-68-65-62-59-56-53-50-47-43-32-29-26-23-20-17-14-11-8-5-2/h8-9,11-12,17-18,20-22,25-27,29-31,33,35-36,43,47-48,51,74H,4-7,10,13-16,19,23-24,28,32,34,37-42,44-46,49-50,52-73H2,1-3H3/b11-8-,12-9-,20-17-,21-18-,25-22-,29-26-,30-27-,33-31-,36-35-,47-43-,51-48-. The fraction of sp³-hybridized carbons (Fsp3) is 0.675. The summed E-state index contributed by atoms with van der Waals surface area (Å²) in [6, 6.07) is 0. The molecule has 0 N–H and O–H groups in total. The first-order valence-corrected chi connectivity index (χ1v) is 34.7. The van der Waals surface area contributed by atoms with Crippen LogP contribution in [0, 0.1) is 0 Å². The van der Waals surface area contributed by atoms with Crippen LogP contribution in [0.25, 0.3) is 0 Å². The van der Waals surface area contributed by atoms with Gasteiger partial charge in [-0.1, -0.05) is 296 Å². The van der Waals surface area contributed by atoms with Crippen molar-refractivity contribution in [2.24, 2.45) is 0 Å². The number of rotatable bonds is 62. The molecule has 472 valence electrons. The van der Waals surface area contributed by atoms with Crippen LogP contribution >= 0.6 is 0 Å². The monoisotopic (exact) mass is 1150 g/mol. The molecule has 1 atom stereocenters. The van der Waals surface area contributed by atoms with E-state index in [1.807, 2.05) is 0 Å². The van der Waals surface area contributed by atoms with Gasteiger partial charge in [-0.25, -0.2) is 0 Å². The maximum Gasteiger partial charge on any atom is 0.306 e. The van der Waals surface area contributed by atoms with Crippen LogP contribution in [0.1, 0.15) is 316 Å². The van der Waals surface area contributed by atoms with Crippen LogP contribution in [0.3, 0.4) is 0 Å². The summed E-state index contributed by atoms with van der Waals surface area (Å²) in [4.78, 5) is 38.4. The molecule has 0 spiro atoms. The van der Waals surface area contributed by atoms with E-state index in [-0.39, 0.29) is 31.1 Å². The summed E-state index contributed by atoms with van der Waals surface area (Å²) in [6.45, 7) is 6.39. The topological polar surface area (TPSA) is 78.9 Å². The van der Waals surface area contributed by atoms with E-state index in [4.69, 9.17) is 14.2 Å². The van der Waals surface area contributed by atoms with Gasteiger partial charge in [0.15, 0.2) is 6.10 Å². The zero-order valence-electron chi connectivity index (χ0n) is 54.2. The predicted octanol–water partition coefficient (Wildman–Crippen LogP) is 24.1. The smallest absolute Gasteiger partial charge is 0.306 e. The molecule has 6 nitrogen and oxygen atoms in total. The summed E-state index contributed by atoms with van der Waals surface area (Å²) in [5.41, 5.74) is 0. The second-order valence-electron chi connectivity index (χ2n) is 22.7. The van der Waals surface area contributed by atoms with Crippen molar-refractivity contribution in [1.29, 1.82) is 0 Å². The first-order chi connectivity index (χ1) is 41.0. The molecule has 0 amide bonds. The molecule has 6 heteroatoms. The van der Waals surface area contributed by atoms with Crippen LogP contribution in [-0.2, 0) is 28.6 Å². The molecule has 0 saturated heterocycles. The van der Waals surface area contributed by atoms with Crippen molar-refractivity contribution in [3.05, 3.63) is 134 Å². The lowest BCUT2D eigenvalue weighted by Crippen LogP contribution is -2.30. The van der Waals surface area contributed by atoms with Gasteiger partial charge in [0.1, 0.15) is 13.2 Å². The zero-order chi connectivity index (χ0) is 59.9. The summed E-state index contributed by atoms with van der Waals surface area (Å²) >= 11 is 0. The van der Waals surface area contributed by atoms with Crippen molar-refractivity contribution in [1.82, 2.24) is 0 Å². The highest BCUT2D eigenvalue weighted by molar-refractivity contribution is 5.71. The van der Waals surface area contributed by atoms with Crippen LogP contribution in [0.15, 0.2) is 134 Å². The van der Waals surface area contributed by atoms with Crippen LogP contribution in [0.5, 0.6) is 0 Å². The quantitative estimate of drug-likeness (QED) is 0.0261. The molecule has 0 rings (SSSR count). The number of allylic oxidation sites excluding steroid dienone is 22. The average Bonchev–Trinajstić information content (AvgIpc) is 3.49. The Labute approximate surface area is 513 Å². The molecule has 0 heterocycles. The molecule has 0 aliphatic heterocycles. The minimum absolute atomic E-state index is 0.0949. The summed E-state index contributed by atoms with van der Waals surface area (Å²) < 4.78 is 16.9. The summed E-state index contributed by atoms with van der Waals surface area (Å²) in [6.07, 6.45) is 99.0. The van der Waals surface area contributed by atoms with Gasteiger partial charge in [-0.15, -0.1) is 0 Å². The van der Waals surface area contributed by atoms with Crippen molar-refractivity contribution >= 4 is 17.9 Å². The molecule has 0 saturated carbocycles. The molecule has 0 aromatic heterocycles. The maximum atomic E-state index is 12.9. The van der Waals surface area contributed by atoms with Crippen LogP contribution < -0.4 is 0 Å². The Morgan fingerprint density at radius 1 is 0.253 bits per heavy atom. The number of carbonyl (C=O) groups is 3. The first-order valence-electron chi connectivity index (χ1n) is 34.7. The largest absolute Gasteiger partial charge is 0.462 e. The average molecular weight is 1150 g/mol. The van der Waals surface area contributed by atoms with Crippen LogP contribution in [-0.4, -0.2) is 37.2 Å². The van der Waals surface area contributed by atoms with Crippen LogP contribution in [0.2, 0.25) is 0 Å². The summed E-state index contributed by atoms with van der Waals surface area (Å²) in [7, 11) is 0. The molecule has 0 bridgehead atoms. The van der Waals surface area contributed by atoms with E-state index < -0.39 is 6.10 Å². The molecule has 83 heavy (non-hydrogen) atoms. The van der Waals surface area contributed by atoms with Gasteiger partial charge in [-0.3, -0.25) is 14.4 Å². The molecular weight excluding hydrogens is 1020 g/mol. The molecular formula is C77H128O6. The number of ether oxygens (including phenoxy) is 3. The highest BCUT2D eigenvalue weighted by atomic mass is 16.6. The Hall–Kier alpha value is -4.45. The molecule has 1 unspecified atom stereocenters. The first kappa shape index (κ1) is 78.5. The minimum Gasteiger partial charge on any atom is -0.462 e. The van der Waals surface area contributed by atoms with Gasteiger partial charge < -0.3 is 14.2 Å². The lowest BCUT2D eigenvalue weighted by molar-refractivity contribution is -0.167. The fourth-order valence-corrected chi connectivity index (χ4v) is 9.49. The van der Waals surface area contributed by atoms with Gasteiger partial charge in [0, 0.05) is 19.3 Å². The van der Waals surface area contributed by atoms with E-state index in [2.05, 4.69) is 154 Å². The van der Waals surface area contributed by atoms with E-state index in [9.17, 15) is 14.4 Å². The number of hydrogen-bond acceptors (Lipinski definition) is 6. The highest BCUT2D eigenvalue weighted by Gasteiger charge is 2.19. The fourth-order valence-electron chi connectivity index (χ4n) is 9.49. The van der Waals surface area contributed by atoms with E-state index >= 15 is 0 Å². The van der Waals surface area contributed by atoms with E-state index in [1.54, 1.807) is 0 Å². The Morgan fingerprint density at radius 2 is 0.470 bits per heavy atom. The Balaban J connectivity index is 4.36. The van der Waals surface area contributed by atoms with E-state index in [0.717, 1.165) is 148 Å². The van der Waals surface area contributed by atoms with Crippen molar-refractivity contribution < 1.29 is 28.6 Å². The molecule has 0 aromatic rings. The van der Waals surface area contributed by atoms with Crippen LogP contribution in [0.4, 0.5) is 0 Å². The normalized spacial score (nSPS) is 13.0. The lowest BCUT2D eigenvalue weighted by Gasteiger charge is -2.18. The van der Waals surface area contributed by atoms with Gasteiger partial charge in [0.25, 0.3) is 0 Å². The molecule has 0 fully saturated rings. The Morgan fingerprint density at radius 3 is 0.735 bits per heavy atom. The van der Waals surface area contributed by atoms with Crippen molar-refractivity contribution in [3.63, 3.8) is 0 Å². The Kier molecular flexibility index (Phi) is 66.3. The lowest BCUT2D eigenvalue weighted by atomic mass is 10.0. The minimum atomic E-state index is -0.803. The summed E-state index contributed by atoms with van der Waals surface area (Å²) in [5, 5.41) is 0. The number of esters is 3. The molecule has 0 aromatic carbocycles. The third kappa shape index (κ3) is 68.2. The number of carbonyl (C=O) groups excluding carboxylic acids is 3. The van der Waals surface area contributed by atoms with Gasteiger partial charge in [-0.05, 0) is 135 Å². The van der Waals surface area contributed by atoms with E-state index in [1.165, 1.54) is 128 Å². The summed E-state index contributed by atoms with van der Waals surface area (Å²) in [5.74, 6) is -0.928. The number of hydrogen-bond donors (Lipinski definition) is 0. The van der Waals surface area contributed by atoms with Gasteiger partial charge in [0.2, 0.25) is 0 Å². The zero-order valence-corrected chi connectivity index (χ0v) is 54.2. The SMILES string of the molecule is CC/C=C\C/C=C\C/C=C\C/C=C\CCCCCCCCC(=O)OC(COC(=O)CCCCCC/C=C\C/C=C\C/C=C\C/C=C\CC)COC(=O)CCCCCCCCCCCCCCCC/C=C\C/C=C\C/C=C\CCCCCCC. The van der Waals surface area contributed by atoms with Gasteiger partial charge in [-0.2, -0.15) is 0 Å². The maximum absolute atomic E-state index is 12.9. The second kappa shape index (κ2) is 70.0. The Bertz CT molecular complexity index is 1750. The van der Waals surface area contributed by atoms with Crippen molar-refractivity contribution in [2.75, 3.05) is 13.2 Å². The number of unbranched alkanes of at least 4 members (excludes halogenated alkanes) is 29. The second-order valence-corrected chi connectivity index (χ2v) is 22.7. The highest BCUT2D eigenvalue weighted by Crippen LogP contribution is 2.16. The van der Waals surface area contributed by atoms with Crippen molar-refractivity contribution in [3.8, 4) is 0 Å².